The SMILES string of the molecule is O=C(CNCC(F)(F)F)Nc1cccc([N+](=O)[O-])c1. The van der Waals surface area contributed by atoms with Gasteiger partial charge in [0.15, 0.2) is 0 Å². The molecule has 0 aliphatic rings. The first kappa shape index (κ1) is 14.9. The molecule has 0 saturated heterocycles. The Kier molecular flexibility index (Phi) is 4.81. The predicted molar refractivity (Wildman–Crippen MR) is 60.7 cm³/mol. The van der Waals surface area contributed by atoms with Gasteiger partial charge in [0.2, 0.25) is 5.91 Å². The minimum atomic E-state index is -4.40. The number of non-ortho nitro benzene ring substituents is 1. The summed E-state index contributed by atoms with van der Waals surface area (Å²) in [4.78, 5) is 21.1. The molecule has 9 heteroatoms. The number of alkyl halides is 3. The van der Waals surface area contributed by atoms with Gasteiger partial charge in [-0.15, -0.1) is 0 Å². The van der Waals surface area contributed by atoms with Crippen molar-refractivity contribution in [3.63, 3.8) is 0 Å². The summed E-state index contributed by atoms with van der Waals surface area (Å²) in [6.07, 6.45) is -4.40. The highest BCUT2D eigenvalue weighted by atomic mass is 19.4. The Labute approximate surface area is 105 Å². The number of hydrogen-bond acceptors (Lipinski definition) is 4. The van der Waals surface area contributed by atoms with Gasteiger partial charge in [-0.2, -0.15) is 13.2 Å². The van der Waals surface area contributed by atoms with Gasteiger partial charge in [-0.1, -0.05) is 6.07 Å². The molecule has 0 atom stereocenters. The second kappa shape index (κ2) is 6.14. The van der Waals surface area contributed by atoms with Gasteiger partial charge in [0.05, 0.1) is 18.0 Å². The van der Waals surface area contributed by atoms with Gasteiger partial charge in [0, 0.05) is 17.8 Å². The van der Waals surface area contributed by atoms with E-state index in [1.165, 1.54) is 18.2 Å². The van der Waals surface area contributed by atoms with Gasteiger partial charge >= 0.3 is 6.18 Å². The number of hydrogen-bond donors (Lipinski definition) is 2. The van der Waals surface area contributed by atoms with Crippen LogP contribution in [0, 0.1) is 10.1 Å². The number of carbonyl (C=O) groups excluding carboxylic acids is 1. The summed E-state index contributed by atoms with van der Waals surface area (Å²) in [6.45, 7) is -1.82. The lowest BCUT2D eigenvalue weighted by Gasteiger charge is -2.08. The zero-order valence-electron chi connectivity index (χ0n) is 9.53. The Morgan fingerprint density at radius 2 is 2.05 bits per heavy atom. The molecule has 0 aliphatic heterocycles. The summed E-state index contributed by atoms with van der Waals surface area (Å²) in [5, 5.41) is 14.6. The van der Waals surface area contributed by atoms with Crippen LogP contribution in [0.4, 0.5) is 24.5 Å². The van der Waals surface area contributed by atoms with Crippen LogP contribution in [0.2, 0.25) is 0 Å². The maximum Gasteiger partial charge on any atom is 0.401 e. The number of rotatable bonds is 5. The van der Waals surface area contributed by atoms with Crippen molar-refractivity contribution in [3.05, 3.63) is 34.4 Å². The van der Waals surface area contributed by atoms with E-state index in [-0.39, 0.29) is 11.4 Å². The van der Waals surface area contributed by atoms with Crippen molar-refractivity contribution in [2.75, 3.05) is 18.4 Å². The van der Waals surface area contributed by atoms with Crippen molar-refractivity contribution in [1.82, 2.24) is 5.32 Å². The van der Waals surface area contributed by atoms with Crippen LogP contribution in [-0.4, -0.2) is 30.1 Å². The first-order chi connectivity index (χ1) is 8.78. The fourth-order valence-electron chi connectivity index (χ4n) is 1.22. The maximum absolute atomic E-state index is 11.8. The van der Waals surface area contributed by atoms with Crippen molar-refractivity contribution >= 4 is 17.3 Å². The van der Waals surface area contributed by atoms with Crippen LogP contribution in [0.25, 0.3) is 0 Å². The largest absolute Gasteiger partial charge is 0.401 e. The number of benzene rings is 1. The van der Waals surface area contributed by atoms with Crippen LogP contribution in [0.5, 0.6) is 0 Å². The van der Waals surface area contributed by atoms with E-state index in [2.05, 4.69) is 5.32 Å². The number of nitrogens with one attached hydrogen (secondary N) is 2. The molecule has 2 N–H and O–H groups in total. The third kappa shape index (κ3) is 5.82. The van der Waals surface area contributed by atoms with E-state index in [0.717, 1.165) is 6.07 Å². The van der Waals surface area contributed by atoms with E-state index in [9.17, 15) is 28.1 Å². The summed E-state index contributed by atoms with van der Waals surface area (Å²) in [5.41, 5.74) is -0.0749. The topological polar surface area (TPSA) is 84.3 Å². The predicted octanol–water partition coefficient (Wildman–Crippen LogP) is 1.69. The highest BCUT2D eigenvalue weighted by Crippen LogP contribution is 2.16. The highest BCUT2D eigenvalue weighted by molar-refractivity contribution is 5.92. The minimum Gasteiger partial charge on any atom is -0.325 e. The molecular formula is C10H10F3N3O3. The molecule has 1 aromatic carbocycles. The van der Waals surface area contributed by atoms with Crippen LogP contribution in [0.3, 0.4) is 0 Å². The molecule has 0 saturated carbocycles. The number of nitro groups is 1. The van der Waals surface area contributed by atoms with E-state index < -0.39 is 30.1 Å². The van der Waals surface area contributed by atoms with Gasteiger partial charge in [-0.25, -0.2) is 0 Å². The van der Waals surface area contributed by atoms with Crippen LogP contribution in [0.15, 0.2) is 24.3 Å². The summed E-state index contributed by atoms with van der Waals surface area (Å²) < 4.78 is 35.4. The van der Waals surface area contributed by atoms with E-state index in [0.29, 0.717) is 0 Å². The molecule has 0 bridgehead atoms. The second-order valence-electron chi connectivity index (χ2n) is 3.57. The fraction of sp³-hybridized carbons (Fsp3) is 0.300. The fourth-order valence-corrected chi connectivity index (χ4v) is 1.22. The molecule has 0 unspecified atom stereocenters. The van der Waals surface area contributed by atoms with Crippen LogP contribution >= 0.6 is 0 Å². The van der Waals surface area contributed by atoms with Crippen molar-refractivity contribution in [1.29, 1.82) is 0 Å². The number of nitrogens with zero attached hydrogens (tertiary/aromatic N) is 1. The summed E-state index contributed by atoms with van der Waals surface area (Å²) in [7, 11) is 0. The first-order valence-electron chi connectivity index (χ1n) is 5.10. The Balaban J connectivity index is 2.48. The molecule has 19 heavy (non-hydrogen) atoms. The third-order valence-corrected chi connectivity index (χ3v) is 1.95. The quantitative estimate of drug-likeness (QED) is 0.633. The number of nitro benzene ring substituents is 1. The lowest BCUT2D eigenvalue weighted by Crippen LogP contribution is -2.35. The van der Waals surface area contributed by atoms with E-state index in [1.54, 1.807) is 0 Å². The monoisotopic (exact) mass is 277 g/mol. The zero-order chi connectivity index (χ0) is 14.5. The summed E-state index contributed by atoms with van der Waals surface area (Å²) >= 11 is 0. The Morgan fingerprint density at radius 3 is 2.63 bits per heavy atom. The molecule has 1 amide bonds. The first-order valence-corrected chi connectivity index (χ1v) is 5.10. The summed E-state index contributed by atoms with van der Waals surface area (Å²) in [5.74, 6) is -0.718. The van der Waals surface area contributed by atoms with Gasteiger partial charge in [-0.05, 0) is 6.07 Å². The molecule has 0 spiro atoms. The average Bonchev–Trinajstić information content (AvgIpc) is 2.27. The van der Waals surface area contributed by atoms with E-state index in [1.807, 2.05) is 5.32 Å². The highest BCUT2D eigenvalue weighted by Gasteiger charge is 2.26. The number of halogens is 3. The van der Waals surface area contributed by atoms with Crippen molar-refractivity contribution in [3.8, 4) is 0 Å². The lowest BCUT2D eigenvalue weighted by atomic mass is 10.3. The molecule has 0 aromatic heterocycles. The van der Waals surface area contributed by atoms with Crippen molar-refractivity contribution in [2.24, 2.45) is 0 Å². The standard InChI is InChI=1S/C10H10F3N3O3/c11-10(12,13)6-14-5-9(17)15-7-2-1-3-8(4-7)16(18)19/h1-4,14H,5-6H2,(H,15,17). The van der Waals surface area contributed by atoms with E-state index >= 15 is 0 Å². The summed E-state index contributed by atoms with van der Waals surface area (Å²) in [6, 6.07) is 5.10. The molecule has 6 nitrogen and oxygen atoms in total. The lowest BCUT2D eigenvalue weighted by molar-refractivity contribution is -0.384. The van der Waals surface area contributed by atoms with Gasteiger partial charge < -0.3 is 10.6 Å². The number of anilines is 1. The molecular weight excluding hydrogens is 267 g/mol. The van der Waals surface area contributed by atoms with Crippen molar-refractivity contribution in [2.45, 2.75) is 6.18 Å². The Bertz CT molecular complexity index is 477. The minimum absolute atomic E-state index is 0.146. The van der Waals surface area contributed by atoms with Crippen molar-refractivity contribution < 1.29 is 22.9 Å². The molecule has 1 aromatic rings. The van der Waals surface area contributed by atoms with Gasteiger partial charge in [0.25, 0.3) is 5.69 Å². The molecule has 1 rings (SSSR count). The van der Waals surface area contributed by atoms with Crippen LogP contribution in [0.1, 0.15) is 0 Å². The Hall–Kier alpha value is -2.16. The van der Waals surface area contributed by atoms with Gasteiger partial charge in [-0.3, -0.25) is 14.9 Å². The van der Waals surface area contributed by atoms with E-state index in [4.69, 9.17) is 0 Å². The molecule has 104 valence electrons. The molecule has 0 radical (unpaired) electrons. The number of carbonyl (C=O) groups is 1. The van der Waals surface area contributed by atoms with Crippen LogP contribution < -0.4 is 10.6 Å². The third-order valence-electron chi connectivity index (χ3n) is 1.95. The number of amides is 1. The molecule has 0 fully saturated rings. The zero-order valence-corrected chi connectivity index (χ0v) is 9.53. The second-order valence-corrected chi connectivity index (χ2v) is 3.57. The maximum atomic E-state index is 11.8. The molecule has 0 heterocycles. The normalized spacial score (nSPS) is 11.1. The Morgan fingerprint density at radius 1 is 1.37 bits per heavy atom. The smallest absolute Gasteiger partial charge is 0.325 e. The molecule has 0 aliphatic carbocycles. The van der Waals surface area contributed by atoms with Crippen LogP contribution in [-0.2, 0) is 4.79 Å². The average molecular weight is 277 g/mol. The van der Waals surface area contributed by atoms with Gasteiger partial charge in [0.1, 0.15) is 0 Å².